The smallest absolute Gasteiger partial charge is 0.174 e. The first-order valence-corrected chi connectivity index (χ1v) is 12.9. The summed E-state index contributed by atoms with van der Waals surface area (Å²) >= 11 is 12.0. The third kappa shape index (κ3) is 2.45. The van der Waals surface area contributed by atoms with Crippen molar-refractivity contribution in [2.24, 2.45) is 0 Å². The van der Waals surface area contributed by atoms with E-state index in [1.54, 1.807) is 22.7 Å². The second-order valence-electron chi connectivity index (χ2n) is 8.18. The normalized spacial score (nSPS) is 17.7. The molecule has 0 bridgehead atoms. The molecule has 29 heavy (non-hydrogen) atoms. The van der Waals surface area contributed by atoms with Gasteiger partial charge in [-0.05, 0) is 71.7 Å². The fourth-order valence-corrected chi connectivity index (χ4v) is 8.33. The van der Waals surface area contributed by atoms with Crippen LogP contribution in [0.4, 0.5) is 0 Å². The van der Waals surface area contributed by atoms with E-state index < -0.39 is 11.2 Å². The van der Waals surface area contributed by atoms with Gasteiger partial charge < -0.3 is 9.47 Å². The number of hydrogen-bond acceptors (Lipinski definition) is 7. The van der Waals surface area contributed by atoms with Crippen LogP contribution in [0.3, 0.4) is 0 Å². The summed E-state index contributed by atoms with van der Waals surface area (Å²) in [6.07, 6.45) is 0. The molecule has 0 unspecified atom stereocenters. The maximum Gasteiger partial charge on any atom is 0.174 e. The summed E-state index contributed by atoms with van der Waals surface area (Å²) < 4.78 is 24.8. The number of aromatic nitrogens is 2. The molecule has 2 aliphatic rings. The summed E-state index contributed by atoms with van der Waals surface area (Å²) in [7, 11) is 0. The molecule has 4 nitrogen and oxygen atoms in total. The summed E-state index contributed by atoms with van der Waals surface area (Å²) in [5.41, 5.74) is 5.12. The van der Waals surface area contributed by atoms with E-state index in [0.717, 1.165) is 52.4 Å². The molecule has 0 N–H and O–H groups in total. The van der Waals surface area contributed by atoms with Crippen molar-refractivity contribution in [3.63, 3.8) is 0 Å². The van der Waals surface area contributed by atoms with Crippen molar-refractivity contribution in [3.8, 4) is 32.4 Å². The number of fused-ring (bicyclic) bond motifs is 10. The Kier molecular flexibility index (Phi) is 3.76. The highest BCUT2D eigenvalue weighted by atomic mass is 79.9. The second-order valence-corrected chi connectivity index (χ2v) is 13.6. The summed E-state index contributed by atoms with van der Waals surface area (Å²) in [6.45, 7) is 8.41. The summed E-state index contributed by atoms with van der Waals surface area (Å²) in [5.74, 6) is 1.55. The predicted molar refractivity (Wildman–Crippen MR) is 127 cm³/mol. The van der Waals surface area contributed by atoms with Crippen LogP contribution in [0, 0.1) is 0 Å². The lowest BCUT2D eigenvalue weighted by molar-refractivity contribution is 0.0723. The van der Waals surface area contributed by atoms with Crippen molar-refractivity contribution in [2.45, 2.75) is 38.9 Å². The van der Waals surface area contributed by atoms with E-state index in [1.807, 2.05) is 0 Å². The molecule has 0 spiro atoms. The number of benzene rings is 1. The van der Waals surface area contributed by atoms with Gasteiger partial charge in [-0.1, -0.05) is 0 Å². The number of hydrogen-bond donors (Lipinski definition) is 0. The minimum Gasteiger partial charge on any atom is -0.478 e. The SMILES string of the molecule is CC1(C)Oc2c3c(c4nsnc4c2-c2sc(Br)cc21)-c1sc(Br)cc1C(C)(C)O3. The van der Waals surface area contributed by atoms with Gasteiger partial charge in [-0.2, -0.15) is 8.75 Å². The van der Waals surface area contributed by atoms with Crippen LogP contribution in [0.25, 0.3) is 31.9 Å². The highest BCUT2D eigenvalue weighted by molar-refractivity contribution is 9.11. The Morgan fingerprint density at radius 1 is 0.759 bits per heavy atom. The molecule has 148 valence electrons. The second kappa shape index (κ2) is 5.82. The van der Waals surface area contributed by atoms with E-state index in [1.165, 1.54) is 21.5 Å². The lowest BCUT2D eigenvalue weighted by Crippen LogP contribution is -2.32. The molecule has 3 aromatic heterocycles. The Morgan fingerprint density at radius 3 is 1.59 bits per heavy atom. The Bertz CT molecular complexity index is 1250. The van der Waals surface area contributed by atoms with Crippen LogP contribution in [0.5, 0.6) is 11.5 Å². The number of nitrogens with zero attached hydrogens (tertiary/aromatic N) is 2. The van der Waals surface area contributed by atoms with E-state index in [0.29, 0.717) is 0 Å². The van der Waals surface area contributed by atoms with Crippen LogP contribution in [-0.2, 0) is 11.2 Å². The molecule has 0 atom stereocenters. The van der Waals surface area contributed by atoms with Crippen LogP contribution in [0.1, 0.15) is 38.8 Å². The van der Waals surface area contributed by atoms with Crippen molar-refractivity contribution in [3.05, 3.63) is 30.8 Å². The first-order valence-electron chi connectivity index (χ1n) is 8.98. The molecule has 0 aliphatic carbocycles. The van der Waals surface area contributed by atoms with Gasteiger partial charge in [-0.25, -0.2) is 0 Å². The van der Waals surface area contributed by atoms with E-state index in [9.17, 15) is 0 Å². The maximum absolute atomic E-state index is 6.64. The Hall–Kier alpha value is -1.00. The van der Waals surface area contributed by atoms with Crippen LogP contribution in [0.15, 0.2) is 19.7 Å². The van der Waals surface area contributed by atoms with Gasteiger partial charge in [0.15, 0.2) is 11.5 Å². The van der Waals surface area contributed by atoms with Gasteiger partial charge in [0.2, 0.25) is 0 Å². The van der Waals surface area contributed by atoms with E-state index in [2.05, 4.69) is 71.7 Å². The molecule has 0 saturated heterocycles. The number of rotatable bonds is 0. The Morgan fingerprint density at radius 2 is 1.17 bits per heavy atom. The lowest BCUT2D eigenvalue weighted by atomic mass is 9.87. The Balaban J connectivity index is 1.80. The van der Waals surface area contributed by atoms with Crippen molar-refractivity contribution < 1.29 is 9.47 Å². The van der Waals surface area contributed by atoms with Gasteiger partial charge >= 0.3 is 0 Å². The van der Waals surface area contributed by atoms with Crippen LogP contribution in [-0.4, -0.2) is 8.75 Å². The topological polar surface area (TPSA) is 44.2 Å². The van der Waals surface area contributed by atoms with E-state index in [4.69, 9.17) is 18.2 Å². The summed E-state index contributed by atoms with van der Waals surface area (Å²) in [4.78, 5) is 2.34. The van der Waals surface area contributed by atoms with Crippen molar-refractivity contribution in [1.29, 1.82) is 0 Å². The monoisotopic (exact) mass is 568 g/mol. The standard InChI is InChI=1S/C20H14Br2N2O2S3/c1-19(2)7-5-9(21)27-17(7)11-13-14(24-29-23-13)12-16(15(11)25-19)26-20(3,4)8-6-10(22)28-18(8)12/h5-6H,1-4H3. The van der Waals surface area contributed by atoms with Gasteiger partial charge in [0.1, 0.15) is 22.2 Å². The largest absolute Gasteiger partial charge is 0.478 e. The predicted octanol–water partition coefficient (Wildman–Crippen LogP) is 7.93. The Labute approximate surface area is 196 Å². The highest BCUT2D eigenvalue weighted by Crippen LogP contribution is 2.62. The third-order valence-corrected chi connectivity index (χ3v) is 9.33. The first kappa shape index (κ1) is 18.7. The fraction of sp³-hybridized carbons (Fsp3) is 0.300. The molecular formula is C20H14Br2N2O2S3. The average molecular weight is 570 g/mol. The lowest BCUT2D eigenvalue weighted by Gasteiger charge is -2.38. The zero-order chi connectivity index (χ0) is 20.3. The molecule has 6 rings (SSSR count). The average Bonchev–Trinajstić information content (AvgIpc) is 3.32. The van der Waals surface area contributed by atoms with Crippen LogP contribution < -0.4 is 9.47 Å². The van der Waals surface area contributed by atoms with Crippen molar-refractivity contribution in [2.75, 3.05) is 0 Å². The molecule has 1 aromatic carbocycles. The molecule has 0 saturated carbocycles. The van der Waals surface area contributed by atoms with Gasteiger partial charge in [0, 0.05) is 20.9 Å². The summed E-state index contributed by atoms with van der Waals surface area (Å²) in [5, 5.41) is 0. The van der Waals surface area contributed by atoms with Crippen molar-refractivity contribution in [1.82, 2.24) is 8.75 Å². The molecule has 4 aromatic rings. The van der Waals surface area contributed by atoms with E-state index >= 15 is 0 Å². The summed E-state index contributed by atoms with van der Waals surface area (Å²) in [6, 6.07) is 4.29. The minimum atomic E-state index is -0.473. The quantitative estimate of drug-likeness (QED) is 0.216. The number of halogens is 2. The highest BCUT2D eigenvalue weighted by Gasteiger charge is 2.44. The van der Waals surface area contributed by atoms with Gasteiger partial charge in [0.05, 0.1) is 30.4 Å². The first-order chi connectivity index (χ1) is 13.7. The van der Waals surface area contributed by atoms with Gasteiger partial charge in [0.25, 0.3) is 0 Å². The van der Waals surface area contributed by atoms with Crippen molar-refractivity contribution >= 4 is 77.3 Å². The fourth-order valence-electron chi connectivity index (χ4n) is 4.18. The number of ether oxygens (including phenoxy) is 2. The molecule has 0 fully saturated rings. The number of thiophene rings is 2. The molecule has 5 heterocycles. The zero-order valence-electron chi connectivity index (χ0n) is 15.8. The van der Waals surface area contributed by atoms with Gasteiger partial charge in [-0.3, -0.25) is 0 Å². The maximum atomic E-state index is 6.64. The van der Waals surface area contributed by atoms with Gasteiger partial charge in [-0.15, -0.1) is 22.7 Å². The molecular weight excluding hydrogens is 556 g/mol. The van der Waals surface area contributed by atoms with E-state index in [-0.39, 0.29) is 0 Å². The molecule has 9 heteroatoms. The van der Waals surface area contributed by atoms with Crippen LogP contribution >= 0.6 is 66.3 Å². The molecule has 2 aliphatic heterocycles. The third-order valence-electron chi connectivity index (χ3n) is 5.49. The van der Waals surface area contributed by atoms with Crippen LogP contribution in [0.2, 0.25) is 0 Å². The zero-order valence-corrected chi connectivity index (χ0v) is 21.5. The molecule has 0 radical (unpaired) electrons. The molecule has 0 amide bonds. The minimum absolute atomic E-state index is 0.473.